The summed E-state index contributed by atoms with van der Waals surface area (Å²) in [6.45, 7) is 4.62. The molecule has 1 aromatic heterocycles. The molecular formula is C18H25Cl2N5O. The first-order chi connectivity index (χ1) is 12.0. The zero-order valence-electron chi connectivity index (χ0n) is 15.0. The van der Waals surface area contributed by atoms with E-state index in [2.05, 4.69) is 15.4 Å². The standard InChI is InChI=1S/C18H24ClN5O.ClH/c1-11(2)17-22-16(18(25)21-14-8-5-6-12(14)10-20)23-24(17)15-9-4-3-7-13(15)19;/h3-4,7,9,11-12,14H,5-6,8,10,20H2,1-2H3,(H,21,25);1H. The lowest BCUT2D eigenvalue weighted by atomic mass is 10.0. The molecule has 26 heavy (non-hydrogen) atoms. The molecule has 1 heterocycles. The van der Waals surface area contributed by atoms with Crippen molar-refractivity contribution in [3.8, 4) is 5.69 Å². The lowest BCUT2D eigenvalue weighted by Gasteiger charge is -2.18. The highest BCUT2D eigenvalue weighted by Crippen LogP contribution is 2.26. The number of amides is 1. The Balaban J connectivity index is 0.00000243. The third-order valence-corrected chi connectivity index (χ3v) is 5.03. The van der Waals surface area contributed by atoms with Gasteiger partial charge in [0.15, 0.2) is 0 Å². The van der Waals surface area contributed by atoms with E-state index in [9.17, 15) is 4.79 Å². The third kappa shape index (κ3) is 4.19. The molecule has 8 heteroatoms. The number of hydrogen-bond acceptors (Lipinski definition) is 4. The summed E-state index contributed by atoms with van der Waals surface area (Å²) in [5, 5.41) is 8.05. The molecule has 2 aromatic rings. The molecule has 1 aliphatic rings. The summed E-state index contributed by atoms with van der Waals surface area (Å²) >= 11 is 6.30. The molecule has 1 aromatic carbocycles. The summed E-state index contributed by atoms with van der Waals surface area (Å²) < 4.78 is 1.66. The summed E-state index contributed by atoms with van der Waals surface area (Å²) in [5.74, 6) is 1.07. The summed E-state index contributed by atoms with van der Waals surface area (Å²) in [7, 11) is 0. The quantitative estimate of drug-likeness (QED) is 0.809. The normalized spacial score (nSPS) is 19.4. The lowest BCUT2D eigenvalue weighted by molar-refractivity contribution is 0.0918. The van der Waals surface area contributed by atoms with Gasteiger partial charge >= 0.3 is 0 Å². The molecule has 1 aliphatic carbocycles. The highest BCUT2D eigenvalue weighted by atomic mass is 35.5. The Hall–Kier alpha value is -1.63. The second kappa shape index (κ2) is 8.84. The first-order valence-corrected chi connectivity index (χ1v) is 9.11. The third-order valence-electron chi connectivity index (χ3n) is 4.71. The SMILES string of the molecule is CC(C)c1nc(C(=O)NC2CCCC2CN)nn1-c1ccccc1Cl.Cl. The first-order valence-electron chi connectivity index (χ1n) is 8.74. The van der Waals surface area contributed by atoms with Gasteiger partial charge in [0, 0.05) is 12.0 Å². The number of carbonyl (C=O) groups is 1. The van der Waals surface area contributed by atoms with Crippen LogP contribution in [-0.4, -0.2) is 33.3 Å². The Morgan fingerprint density at radius 1 is 1.38 bits per heavy atom. The van der Waals surface area contributed by atoms with Gasteiger partial charge in [-0.05, 0) is 37.4 Å². The Labute approximate surface area is 164 Å². The highest BCUT2D eigenvalue weighted by molar-refractivity contribution is 6.32. The van der Waals surface area contributed by atoms with Crippen LogP contribution >= 0.6 is 24.0 Å². The summed E-state index contributed by atoms with van der Waals surface area (Å²) in [6, 6.07) is 7.52. The second-order valence-electron chi connectivity index (χ2n) is 6.82. The molecule has 1 fully saturated rings. The maximum atomic E-state index is 12.6. The molecule has 0 aliphatic heterocycles. The van der Waals surface area contributed by atoms with E-state index in [1.165, 1.54) is 0 Å². The zero-order valence-corrected chi connectivity index (χ0v) is 16.6. The van der Waals surface area contributed by atoms with E-state index in [1.807, 2.05) is 32.0 Å². The molecule has 0 radical (unpaired) electrons. The maximum Gasteiger partial charge on any atom is 0.291 e. The van der Waals surface area contributed by atoms with E-state index in [-0.39, 0.29) is 36.1 Å². The fourth-order valence-electron chi connectivity index (χ4n) is 3.34. The van der Waals surface area contributed by atoms with E-state index >= 15 is 0 Å². The van der Waals surface area contributed by atoms with E-state index in [4.69, 9.17) is 17.3 Å². The number of benzene rings is 1. The van der Waals surface area contributed by atoms with Crippen molar-refractivity contribution in [2.24, 2.45) is 11.7 Å². The Morgan fingerprint density at radius 3 is 2.77 bits per heavy atom. The van der Waals surface area contributed by atoms with Crippen LogP contribution < -0.4 is 11.1 Å². The van der Waals surface area contributed by atoms with Crippen molar-refractivity contribution >= 4 is 29.9 Å². The predicted molar refractivity (Wildman–Crippen MR) is 105 cm³/mol. The number of nitrogens with two attached hydrogens (primary N) is 1. The Bertz CT molecular complexity index is 762. The molecule has 142 valence electrons. The van der Waals surface area contributed by atoms with E-state index in [0.29, 0.717) is 23.3 Å². The van der Waals surface area contributed by atoms with Crippen molar-refractivity contribution in [2.45, 2.75) is 45.1 Å². The van der Waals surface area contributed by atoms with Crippen LogP contribution in [0.3, 0.4) is 0 Å². The van der Waals surface area contributed by atoms with Crippen molar-refractivity contribution in [1.29, 1.82) is 0 Å². The van der Waals surface area contributed by atoms with Crippen LogP contribution in [0, 0.1) is 5.92 Å². The fraction of sp³-hybridized carbons (Fsp3) is 0.500. The zero-order chi connectivity index (χ0) is 18.0. The molecule has 1 saturated carbocycles. The molecule has 0 bridgehead atoms. The maximum absolute atomic E-state index is 12.6. The molecule has 3 N–H and O–H groups in total. The number of carbonyl (C=O) groups excluding carboxylic acids is 1. The minimum absolute atomic E-state index is 0. The van der Waals surface area contributed by atoms with Gasteiger partial charge in [-0.2, -0.15) is 0 Å². The average molecular weight is 398 g/mol. The van der Waals surface area contributed by atoms with E-state index < -0.39 is 0 Å². The smallest absolute Gasteiger partial charge is 0.291 e. The van der Waals surface area contributed by atoms with Crippen molar-refractivity contribution in [1.82, 2.24) is 20.1 Å². The number of nitrogens with zero attached hydrogens (tertiary/aromatic N) is 3. The van der Waals surface area contributed by atoms with Crippen LogP contribution in [0.25, 0.3) is 5.69 Å². The molecule has 3 rings (SSSR count). The van der Waals surface area contributed by atoms with Gasteiger partial charge in [0.2, 0.25) is 5.82 Å². The highest BCUT2D eigenvalue weighted by Gasteiger charge is 2.29. The number of para-hydroxylation sites is 1. The molecule has 2 atom stereocenters. The minimum atomic E-state index is -0.252. The monoisotopic (exact) mass is 397 g/mol. The van der Waals surface area contributed by atoms with Gasteiger partial charge < -0.3 is 11.1 Å². The van der Waals surface area contributed by atoms with Crippen LogP contribution in [0.5, 0.6) is 0 Å². The van der Waals surface area contributed by atoms with Crippen LogP contribution in [0.2, 0.25) is 5.02 Å². The van der Waals surface area contributed by atoms with E-state index in [1.54, 1.807) is 10.7 Å². The first kappa shape index (κ1) is 20.7. The summed E-state index contributed by atoms with van der Waals surface area (Å²) in [4.78, 5) is 17.1. The van der Waals surface area contributed by atoms with Gasteiger partial charge in [-0.15, -0.1) is 17.5 Å². The number of aromatic nitrogens is 3. The number of rotatable bonds is 5. The summed E-state index contributed by atoms with van der Waals surface area (Å²) in [6.07, 6.45) is 3.10. The van der Waals surface area contributed by atoms with Crippen molar-refractivity contribution in [3.05, 3.63) is 40.9 Å². The largest absolute Gasteiger partial charge is 0.346 e. The van der Waals surface area contributed by atoms with Gasteiger partial charge in [-0.1, -0.05) is 44.0 Å². The second-order valence-corrected chi connectivity index (χ2v) is 7.23. The molecule has 0 saturated heterocycles. The molecule has 0 spiro atoms. The van der Waals surface area contributed by atoms with Gasteiger partial charge in [-0.25, -0.2) is 9.67 Å². The fourth-order valence-corrected chi connectivity index (χ4v) is 3.55. The summed E-state index contributed by atoms with van der Waals surface area (Å²) in [5.41, 5.74) is 6.52. The number of nitrogens with one attached hydrogen (secondary N) is 1. The van der Waals surface area contributed by atoms with Gasteiger partial charge in [0.05, 0.1) is 10.7 Å². The molecular weight excluding hydrogens is 373 g/mol. The average Bonchev–Trinajstić information content (AvgIpc) is 3.21. The van der Waals surface area contributed by atoms with Gasteiger partial charge in [-0.3, -0.25) is 4.79 Å². The number of hydrogen-bond donors (Lipinski definition) is 2. The Kier molecular flexibility index (Phi) is 7.03. The van der Waals surface area contributed by atoms with Gasteiger partial charge in [0.25, 0.3) is 5.91 Å². The Morgan fingerprint density at radius 2 is 2.12 bits per heavy atom. The van der Waals surface area contributed by atoms with Crippen molar-refractivity contribution in [3.63, 3.8) is 0 Å². The number of halogens is 2. The van der Waals surface area contributed by atoms with Crippen molar-refractivity contribution < 1.29 is 4.79 Å². The van der Waals surface area contributed by atoms with Crippen LogP contribution in [-0.2, 0) is 0 Å². The predicted octanol–water partition coefficient (Wildman–Crippen LogP) is 3.32. The van der Waals surface area contributed by atoms with Crippen molar-refractivity contribution in [2.75, 3.05) is 6.54 Å². The van der Waals surface area contributed by atoms with E-state index in [0.717, 1.165) is 24.9 Å². The molecule has 6 nitrogen and oxygen atoms in total. The van der Waals surface area contributed by atoms with Crippen LogP contribution in [0.4, 0.5) is 0 Å². The molecule has 1 amide bonds. The van der Waals surface area contributed by atoms with Crippen LogP contribution in [0.1, 0.15) is 55.5 Å². The lowest BCUT2D eigenvalue weighted by Crippen LogP contribution is -2.40. The topological polar surface area (TPSA) is 85.8 Å². The van der Waals surface area contributed by atoms with Crippen LogP contribution in [0.15, 0.2) is 24.3 Å². The molecule has 2 unspecified atom stereocenters. The van der Waals surface area contributed by atoms with Gasteiger partial charge in [0.1, 0.15) is 5.82 Å². The minimum Gasteiger partial charge on any atom is -0.346 e.